The maximum atomic E-state index is 12.4. The van der Waals surface area contributed by atoms with Crippen molar-refractivity contribution >= 4 is 25.9 Å². The zero-order valence-corrected chi connectivity index (χ0v) is 16.5. The van der Waals surface area contributed by atoms with E-state index in [0.717, 1.165) is 12.0 Å². The lowest BCUT2D eigenvalue weighted by atomic mass is 10.1. The van der Waals surface area contributed by atoms with Crippen molar-refractivity contribution in [3.63, 3.8) is 0 Å². The molecule has 4 heteroatoms. The zero-order valence-electron chi connectivity index (χ0n) is 14.7. The molecule has 0 aliphatic carbocycles. The maximum Gasteiger partial charge on any atom is 0.183 e. The highest BCUT2D eigenvalue weighted by molar-refractivity contribution is 8.00. The third-order valence-electron chi connectivity index (χ3n) is 3.54. The lowest BCUT2D eigenvalue weighted by molar-refractivity contribution is 0.0978. The first-order chi connectivity index (χ1) is 11.4. The predicted octanol–water partition coefficient (Wildman–Crippen LogP) is 5.66. The number of Topliss-reactive ketones (excluding diaryl/α,β-unsaturated/α-hetero) is 1. The molecule has 0 bridgehead atoms. The molecule has 0 aromatic heterocycles. The van der Waals surface area contributed by atoms with Gasteiger partial charge in [-0.1, -0.05) is 48.5 Å². The number of hydrogen-bond donors (Lipinski definition) is 0. The van der Waals surface area contributed by atoms with Crippen LogP contribution in [0.4, 0.5) is 0 Å². The molecule has 0 radical (unpaired) electrons. The molecule has 0 fully saturated rings. The van der Waals surface area contributed by atoms with E-state index in [1.165, 1.54) is 4.90 Å². The second kappa shape index (κ2) is 9.21. The first-order valence-corrected chi connectivity index (χ1v) is 12.7. The van der Waals surface area contributed by atoms with E-state index in [2.05, 4.69) is 31.8 Å². The standard InChI is InChI=1S/C20H26O2SSi/c1-24(2,3)22-16-19(23-18-12-8-5-9-13-18)14-15-20(21)17-10-6-4-7-11-17/h4-13,19H,14-16H2,1-3H3. The van der Waals surface area contributed by atoms with Gasteiger partial charge in [0.25, 0.3) is 0 Å². The summed E-state index contributed by atoms with van der Waals surface area (Å²) in [7, 11) is -1.56. The maximum absolute atomic E-state index is 12.4. The van der Waals surface area contributed by atoms with Gasteiger partial charge in [0.1, 0.15) is 0 Å². The van der Waals surface area contributed by atoms with Crippen LogP contribution < -0.4 is 0 Å². The van der Waals surface area contributed by atoms with E-state index in [-0.39, 0.29) is 5.78 Å². The van der Waals surface area contributed by atoms with Gasteiger partial charge in [0.15, 0.2) is 14.1 Å². The van der Waals surface area contributed by atoms with Crippen LogP contribution in [0.15, 0.2) is 65.6 Å². The first-order valence-electron chi connectivity index (χ1n) is 8.38. The molecule has 2 aromatic carbocycles. The number of hydrogen-bond acceptors (Lipinski definition) is 3. The molecular weight excluding hydrogens is 332 g/mol. The lowest BCUT2D eigenvalue weighted by Crippen LogP contribution is -2.29. The van der Waals surface area contributed by atoms with Gasteiger partial charge in [-0.2, -0.15) is 0 Å². The van der Waals surface area contributed by atoms with E-state index in [9.17, 15) is 4.79 Å². The molecule has 0 N–H and O–H groups in total. The van der Waals surface area contributed by atoms with Gasteiger partial charge in [0.2, 0.25) is 0 Å². The topological polar surface area (TPSA) is 26.3 Å². The lowest BCUT2D eigenvalue weighted by Gasteiger charge is -2.23. The molecule has 2 aromatic rings. The van der Waals surface area contributed by atoms with E-state index in [4.69, 9.17) is 4.43 Å². The van der Waals surface area contributed by atoms with Gasteiger partial charge in [0.05, 0.1) is 0 Å². The Labute approximate surface area is 150 Å². The summed E-state index contributed by atoms with van der Waals surface area (Å²) >= 11 is 1.81. The average molecular weight is 359 g/mol. The third-order valence-corrected chi connectivity index (χ3v) is 5.82. The summed E-state index contributed by atoms with van der Waals surface area (Å²) in [6.45, 7) is 7.31. The molecule has 0 aliphatic heterocycles. The van der Waals surface area contributed by atoms with Crippen molar-refractivity contribution in [3.8, 4) is 0 Å². The summed E-state index contributed by atoms with van der Waals surface area (Å²) in [6, 6.07) is 19.9. The van der Waals surface area contributed by atoms with E-state index in [0.29, 0.717) is 18.3 Å². The van der Waals surface area contributed by atoms with Crippen LogP contribution >= 0.6 is 11.8 Å². The average Bonchev–Trinajstić information content (AvgIpc) is 2.58. The van der Waals surface area contributed by atoms with Crippen molar-refractivity contribution in [3.05, 3.63) is 66.2 Å². The molecule has 2 nitrogen and oxygen atoms in total. The second-order valence-electron chi connectivity index (χ2n) is 6.80. The Balaban J connectivity index is 1.95. The van der Waals surface area contributed by atoms with Crippen molar-refractivity contribution in [2.24, 2.45) is 0 Å². The molecule has 0 saturated carbocycles. The minimum atomic E-state index is -1.56. The molecule has 0 amide bonds. The highest BCUT2D eigenvalue weighted by atomic mass is 32.2. The van der Waals surface area contributed by atoms with Gasteiger partial charge in [-0.25, -0.2) is 0 Å². The number of rotatable bonds is 9. The quantitative estimate of drug-likeness (QED) is 0.328. The highest BCUT2D eigenvalue weighted by Gasteiger charge is 2.19. The SMILES string of the molecule is C[Si](C)(C)OCC(CCC(=O)c1ccccc1)Sc1ccccc1. The molecule has 128 valence electrons. The van der Waals surface area contributed by atoms with Gasteiger partial charge < -0.3 is 4.43 Å². The van der Waals surface area contributed by atoms with Gasteiger partial charge >= 0.3 is 0 Å². The van der Waals surface area contributed by atoms with Gasteiger partial charge in [-0.05, 0) is 38.2 Å². The van der Waals surface area contributed by atoms with E-state index in [1.807, 2.05) is 60.3 Å². The molecule has 0 aliphatic rings. The van der Waals surface area contributed by atoms with Crippen molar-refractivity contribution < 1.29 is 9.22 Å². The van der Waals surface area contributed by atoms with Gasteiger partial charge in [-0.3, -0.25) is 4.79 Å². The Morgan fingerprint density at radius 2 is 1.58 bits per heavy atom. The summed E-state index contributed by atoms with van der Waals surface area (Å²) in [4.78, 5) is 13.6. The van der Waals surface area contributed by atoms with E-state index in [1.54, 1.807) is 0 Å². The summed E-state index contributed by atoms with van der Waals surface area (Å²) in [5.41, 5.74) is 0.798. The number of ketones is 1. The van der Waals surface area contributed by atoms with Crippen LogP contribution in [0.2, 0.25) is 19.6 Å². The molecule has 24 heavy (non-hydrogen) atoms. The number of carbonyl (C=O) groups excluding carboxylic acids is 1. The zero-order chi connectivity index (χ0) is 17.4. The van der Waals surface area contributed by atoms with E-state index >= 15 is 0 Å². The molecule has 2 rings (SSSR count). The van der Waals surface area contributed by atoms with Crippen LogP contribution in [0, 0.1) is 0 Å². The van der Waals surface area contributed by atoms with Crippen LogP contribution in [-0.2, 0) is 4.43 Å². The minimum Gasteiger partial charge on any atom is -0.416 e. The minimum absolute atomic E-state index is 0.210. The molecule has 1 unspecified atom stereocenters. The second-order valence-corrected chi connectivity index (χ2v) is 12.7. The van der Waals surface area contributed by atoms with Crippen molar-refractivity contribution in [2.45, 2.75) is 42.6 Å². The van der Waals surface area contributed by atoms with Crippen molar-refractivity contribution in [2.75, 3.05) is 6.61 Å². The summed E-state index contributed by atoms with van der Waals surface area (Å²) in [6.07, 6.45) is 1.39. The summed E-state index contributed by atoms with van der Waals surface area (Å²) in [5.74, 6) is 0.210. The van der Waals surface area contributed by atoms with Gasteiger partial charge in [0, 0.05) is 28.7 Å². The fourth-order valence-electron chi connectivity index (χ4n) is 2.27. The fraction of sp³-hybridized carbons (Fsp3) is 0.350. The molecule has 0 spiro atoms. The largest absolute Gasteiger partial charge is 0.416 e. The Morgan fingerprint density at radius 3 is 2.17 bits per heavy atom. The third kappa shape index (κ3) is 7.03. The van der Waals surface area contributed by atoms with Crippen LogP contribution in [0.3, 0.4) is 0 Å². The highest BCUT2D eigenvalue weighted by Crippen LogP contribution is 2.27. The summed E-state index contributed by atoms with van der Waals surface area (Å²) < 4.78 is 6.11. The van der Waals surface area contributed by atoms with Crippen molar-refractivity contribution in [1.82, 2.24) is 0 Å². The molecule has 1 atom stereocenters. The van der Waals surface area contributed by atoms with E-state index < -0.39 is 8.32 Å². The first kappa shape index (κ1) is 19.0. The Hall–Kier alpha value is -1.36. The Kier molecular flexibility index (Phi) is 7.28. The predicted molar refractivity (Wildman–Crippen MR) is 105 cm³/mol. The van der Waals surface area contributed by atoms with Crippen LogP contribution in [-0.4, -0.2) is 26.0 Å². The molecule has 0 heterocycles. The summed E-state index contributed by atoms with van der Waals surface area (Å²) in [5, 5.41) is 0.298. The monoisotopic (exact) mass is 358 g/mol. The molecular formula is C20H26O2SSi. The van der Waals surface area contributed by atoms with Crippen molar-refractivity contribution in [1.29, 1.82) is 0 Å². The Bertz CT molecular complexity index is 623. The number of carbonyl (C=O) groups is 1. The normalized spacial score (nSPS) is 12.8. The van der Waals surface area contributed by atoms with Crippen LogP contribution in [0.25, 0.3) is 0 Å². The smallest absolute Gasteiger partial charge is 0.183 e. The van der Waals surface area contributed by atoms with Gasteiger partial charge in [-0.15, -0.1) is 11.8 Å². The number of benzene rings is 2. The fourth-order valence-corrected chi connectivity index (χ4v) is 4.16. The van der Waals surface area contributed by atoms with Crippen LogP contribution in [0.1, 0.15) is 23.2 Å². The Morgan fingerprint density at radius 1 is 1.00 bits per heavy atom. The number of thioether (sulfide) groups is 1. The molecule has 0 saturated heterocycles. The van der Waals surface area contributed by atoms with Crippen LogP contribution in [0.5, 0.6) is 0 Å².